The summed E-state index contributed by atoms with van der Waals surface area (Å²) in [6, 6.07) is 8.58. The maximum atomic E-state index is 12.4. The summed E-state index contributed by atoms with van der Waals surface area (Å²) in [6.45, 7) is 14.2. The van der Waals surface area contributed by atoms with Crippen molar-refractivity contribution in [2.75, 3.05) is 111 Å². The molecule has 1 aromatic carbocycles. The van der Waals surface area contributed by atoms with E-state index in [4.69, 9.17) is 19.3 Å². The fourth-order valence-electron chi connectivity index (χ4n) is 5.39. The van der Waals surface area contributed by atoms with Crippen molar-refractivity contribution in [3.8, 4) is 0 Å². The van der Waals surface area contributed by atoms with Gasteiger partial charge in [0.15, 0.2) is 0 Å². The summed E-state index contributed by atoms with van der Waals surface area (Å²) in [7, 11) is 3.48. The second-order valence-corrected chi connectivity index (χ2v) is 11.1. The van der Waals surface area contributed by atoms with Crippen molar-refractivity contribution in [1.82, 2.24) is 14.7 Å². The van der Waals surface area contributed by atoms with Gasteiger partial charge in [-0.1, -0.05) is 17.7 Å². The summed E-state index contributed by atoms with van der Waals surface area (Å²) in [6.07, 6.45) is 4.32. The van der Waals surface area contributed by atoms with Crippen molar-refractivity contribution in [1.29, 1.82) is 0 Å². The molecule has 3 heterocycles. The Hall–Kier alpha value is -1.91. The van der Waals surface area contributed by atoms with Crippen LogP contribution in [0, 0.1) is 18.8 Å². The number of rotatable bonds is 10. The van der Waals surface area contributed by atoms with Gasteiger partial charge in [-0.2, -0.15) is 0 Å². The van der Waals surface area contributed by atoms with E-state index in [1.807, 2.05) is 4.90 Å². The summed E-state index contributed by atoms with van der Waals surface area (Å²) >= 11 is 0. The average molecular weight is 549 g/mol. The number of methoxy groups -OCH3 is 2. The molecule has 3 saturated heterocycles. The molecular formula is C30H52N4O5. The van der Waals surface area contributed by atoms with Gasteiger partial charge >= 0.3 is 6.09 Å². The van der Waals surface area contributed by atoms with Gasteiger partial charge in [-0.05, 0) is 82.8 Å². The van der Waals surface area contributed by atoms with E-state index in [1.54, 1.807) is 14.2 Å². The van der Waals surface area contributed by atoms with E-state index in [0.717, 1.165) is 104 Å². The van der Waals surface area contributed by atoms with Gasteiger partial charge < -0.3 is 38.9 Å². The quantitative estimate of drug-likeness (QED) is 0.478. The number of hydrogen-bond donors (Lipinski definition) is 1. The van der Waals surface area contributed by atoms with Crippen LogP contribution >= 0.6 is 0 Å². The highest BCUT2D eigenvalue weighted by Crippen LogP contribution is 2.20. The topological polar surface area (TPSA) is 77.9 Å². The van der Waals surface area contributed by atoms with Crippen molar-refractivity contribution >= 4 is 11.8 Å². The SMILES string of the molecule is COCCN1CCC(CO)CC1.COCCN1CCC(COC(=O)N2CCN(c3ccc(C)cc3)CC2)CC1. The minimum Gasteiger partial charge on any atom is -0.449 e. The molecule has 0 atom stereocenters. The molecule has 9 heteroatoms. The van der Waals surface area contributed by atoms with Crippen LogP contribution in [-0.4, -0.2) is 132 Å². The molecule has 1 amide bonds. The van der Waals surface area contributed by atoms with E-state index in [-0.39, 0.29) is 6.09 Å². The van der Waals surface area contributed by atoms with Crippen LogP contribution in [-0.2, 0) is 14.2 Å². The molecule has 0 aromatic heterocycles. The number of ether oxygens (including phenoxy) is 3. The van der Waals surface area contributed by atoms with Crippen LogP contribution in [0.5, 0.6) is 0 Å². The lowest BCUT2D eigenvalue weighted by Gasteiger charge is -2.36. The minimum absolute atomic E-state index is 0.152. The highest BCUT2D eigenvalue weighted by atomic mass is 16.6. The molecule has 3 aliphatic heterocycles. The Morgan fingerprint density at radius 2 is 1.31 bits per heavy atom. The van der Waals surface area contributed by atoms with Gasteiger partial charge in [0.1, 0.15) is 0 Å². The van der Waals surface area contributed by atoms with E-state index < -0.39 is 0 Å². The number of nitrogens with zero attached hydrogens (tertiary/aromatic N) is 4. The Morgan fingerprint density at radius 3 is 1.79 bits per heavy atom. The van der Waals surface area contributed by atoms with Gasteiger partial charge in [0.05, 0.1) is 19.8 Å². The first-order valence-electron chi connectivity index (χ1n) is 14.8. The van der Waals surface area contributed by atoms with E-state index in [9.17, 15) is 4.79 Å². The minimum atomic E-state index is -0.152. The summed E-state index contributed by atoms with van der Waals surface area (Å²) in [5.41, 5.74) is 2.50. The molecule has 0 bridgehead atoms. The smallest absolute Gasteiger partial charge is 0.409 e. The Bertz CT molecular complexity index is 787. The van der Waals surface area contributed by atoms with Gasteiger partial charge in [0, 0.05) is 65.8 Å². The number of likely N-dealkylation sites (tertiary alicyclic amines) is 2. The Morgan fingerprint density at radius 1 is 0.795 bits per heavy atom. The van der Waals surface area contributed by atoms with Crippen LogP contribution in [0.1, 0.15) is 31.2 Å². The number of carbonyl (C=O) groups excluding carboxylic acids is 1. The van der Waals surface area contributed by atoms with Crippen molar-refractivity contribution in [3.05, 3.63) is 29.8 Å². The zero-order valence-electron chi connectivity index (χ0n) is 24.6. The lowest BCUT2D eigenvalue weighted by atomic mass is 9.98. The molecule has 0 aliphatic carbocycles. The van der Waals surface area contributed by atoms with E-state index >= 15 is 0 Å². The number of amides is 1. The van der Waals surface area contributed by atoms with Crippen molar-refractivity contribution in [2.24, 2.45) is 11.8 Å². The molecule has 0 saturated carbocycles. The van der Waals surface area contributed by atoms with Crippen LogP contribution in [0.3, 0.4) is 0 Å². The molecule has 0 unspecified atom stereocenters. The number of aliphatic hydroxyl groups excluding tert-OH is 1. The molecule has 1 aromatic rings. The Balaban J connectivity index is 0.000000293. The molecule has 0 radical (unpaired) electrons. The molecule has 4 rings (SSSR count). The first-order valence-corrected chi connectivity index (χ1v) is 14.8. The third-order valence-electron chi connectivity index (χ3n) is 8.28. The summed E-state index contributed by atoms with van der Waals surface area (Å²) in [5.74, 6) is 1.03. The van der Waals surface area contributed by atoms with Gasteiger partial charge in [0.2, 0.25) is 0 Å². The first-order chi connectivity index (χ1) is 19.0. The van der Waals surface area contributed by atoms with Gasteiger partial charge in [-0.15, -0.1) is 0 Å². The summed E-state index contributed by atoms with van der Waals surface area (Å²) < 4.78 is 15.8. The molecule has 1 N–H and O–H groups in total. The standard InChI is InChI=1S/C21H33N3O3.C9H19NO2/c1-18-3-5-20(6-4-18)23-11-13-24(14-12-23)21(25)27-17-19-7-9-22(10-8-19)15-16-26-2;1-12-7-6-10-4-2-9(8-11)3-5-10/h3-6,19H,7-17H2,1-2H3;9,11H,2-8H2,1H3. The van der Waals surface area contributed by atoms with E-state index in [2.05, 4.69) is 45.9 Å². The number of benzene rings is 1. The normalized spacial score (nSPS) is 20.0. The van der Waals surface area contributed by atoms with Gasteiger partial charge in [-0.25, -0.2) is 4.79 Å². The number of hydrogen-bond acceptors (Lipinski definition) is 8. The fourth-order valence-corrected chi connectivity index (χ4v) is 5.39. The Labute approximate surface area is 236 Å². The number of anilines is 1. The highest BCUT2D eigenvalue weighted by molar-refractivity contribution is 5.68. The van der Waals surface area contributed by atoms with E-state index in [0.29, 0.717) is 25.0 Å². The largest absolute Gasteiger partial charge is 0.449 e. The number of carbonyl (C=O) groups is 1. The van der Waals surface area contributed by atoms with Crippen LogP contribution in [0.15, 0.2) is 24.3 Å². The Kier molecular flexibility index (Phi) is 14.4. The zero-order chi connectivity index (χ0) is 27.9. The predicted octanol–water partition coefficient (Wildman–Crippen LogP) is 2.95. The second-order valence-electron chi connectivity index (χ2n) is 11.1. The van der Waals surface area contributed by atoms with Crippen molar-refractivity contribution < 1.29 is 24.1 Å². The van der Waals surface area contributed by atoms with E-state index in [1.165, 1.54) is 11.3 Å². The van der Waals surface area contributed by atoms with Gasteiger partial charge in [0.25, 0.3) is 0 Å². The summed E-state index contributed by atoms with van der Waals surface area (Å²) in [5, 5.41) is 8.91. The maximum Gasteiger partial charge on any atom is 0.409 e. The van der Waals surface area contributed by atoms with Crippen LogP contribution < -0.4 is 4.90 Å². The van der Waals surface area contributed by atoms with Crippen LogP contribution in [0.2, 0.25) is 0 Å². The maximum absolute atomic E-state index is 12.4. The summed E-state index contributed by atoms with van der Waals surface area (Å²) in [4.78, 5) is 21.4. The predicted molar refractivity (Wildman–Crippen MR) is 155 cm³/mol. The van der Waals surface area contributed by atoms with Gasteiger partial charge in [-0.3, -0.25) is 0 Å². The molecular weight excluding hydrogens is 496 g/mol. The lowest BCUT2D eigenvalue weighted by Crippen LogP contribution is -2.49. The molecule has 9 nitrogen and oxygen atoms in total. The van der Waals surface area contributed by atoms with Crippen LogP contribution in [0.4, 0.5) is 10.5 Å². The molecule has 222 valence electrons. The molecule has 3 aliphatic rings. The average Bonchev–Trinajstić information content (AvgIpc) is 2.99. The van der Waals surface area contributed by atoms with Crippen LogP contribution in [0.25, 0.3) is 0 Å². The zero-order valence-corrected chi connectivity index (χ0v) is 24.6. The third-order valence-corrected chi connectivity index (χ3v) is 8.28. The van der Waals surface area contributed by atoms with Crippen molar-refractivity contribution in [2.45, 2.75) is 32.6 Å². The number of aliphatic hydroxyl groups is 1. The van der Waals surface area contributed by atoms with Crippen molar-refractivity contribution in [3.63, 3.8) is 0 Å². The lowest BCUT2D eigenvalue weighted by molar-refractivity contribution is 0.0628. The highest BCUT2D eigenvalue weighted by Gasteiger charge is 2.25. The first kappa shape index (κ1) is 31.6. The number of piperidine rings is 2. The number of aryl methyl sites for hydroxylation is 1. The fraction of sp³-hybridized carbons (Fsp3) is 0.767. The molecule has 39 heavy (non-hydrogen) atoms. The monoisotopic (exact) mass is 548 g/mol. The molecule has 0 spiro atoms. The molecule has 3 fully saturated rings. The second kappa shape index (κ2) is 17.7. The third kappa shape index (κ3) is 11.2. The number of piperazine rings is 1.